The molecular formula is C8H15BN2. The van der Waals surface area contributed by atoms with Crippen molar-refractivity contribution in [1.29, 1.82) is 0 Å². The van der Waals surface area contributed by atoms with Crippen LogP contribution in [0.3, 0.4) is 0 Å². The third-order valence-electron chi connectivity index (χ3n) is 3.17. The second kappa shape index (κ2) is 2.49. The van der Waals surface area contributed by atoms with Crippen LogP contribution in [-0.2, 0) is 0 Å². The van der Waals surface area contributed by atoms with Crippen LogP contribution in [0.1, 0.15) is 19.3 Å². The van der Waals surface area contributed by atoms with E-state index in [9.17, 15) is 0 Å². The summed E-state index contributed by atoms with van der Waals surface area (Å²) in [5, 5.41) is 0. The van der Waals surface area contributed by atoms with Gasteiger partial charge in [0.2, 0.25) is 0 Å². The third-order valence-corrected chi connectivity index (χ3v) is 3.17. The zero-order valence-corrected chi connectivity index (χ0v) is 7.21. The Morgan fingerprint density at radius 1 is 1.27 bits per heavy atom. The molecule has 0 aromatic carbocycles. The van der Waals surface area contributed by atoms with E-state index in [-0.39, 0.29) is 0 Å². The lowest BCUT2D eigenvalue weighted by atomic mass is 9.93. The lowest BCUT2D eigenvalue weighted by Gasteiger charge is -2.32. The fraction of sp³-hybridized carbons (Fsp3) is 1.00. The molecule has 0 aromatic rings. The highest BCUT2D eigenvalue weighted by Gasteiger charge is 2.42. The van der Waals surface area contributed by atoms with Crippen molar-refractivity contribution in [2.24, 2.45) is 0 Å². The Kier molecular flexibility index (Phi) is 1.73. The van der Waals surface area contributed by atoms with E-state index in [4.69, 9.17) is 7.98 Å². The van der Waals surface area contributed by atoms with Crippen molar-refractivity contribution in [2.75, 3.05) is 26.7 Å². The van der Waals surface area contributed by atoms with Crippen LogP contribution in [0.5, 0.6) is 0 Å². The molecule has 2 radical (unpaired) electrons. The Morgan fingerprint density at radius 2 is 2.09 bits per heavy atom. The maximum absolute atomic E-state index is 5.94. The van der Waals surface area contributed by atoms with Gasteiger partial charge in [0.25, 0.3) is 0 Å². The van der Waals surface area contributed by atoms with Crippen LogP contribution in [0.4, 0.5) is 0 Å². The zero-order valence-electron chi connectivity index (χ0n) is 7.21. The number of rotatable bonds is 0. The largest absolute Gasteiger partial charge is 0.347 e. The average molecular weight is 150 g/mol. The van der Waals surface area contributed by atoms with Crippen molar-refractivity contribution >= 4 is 7.98 Å². The van der Waals surface area contributed by atoms with Crippen LogP contribution in [-0.4, -0.2) is 49.9 Å². The fourth-order valence-electron chi connectivity index (χ4n) is 2.46. The summed E-state index contributed by atoms with van der Waals surface area (Å²) in [6.45, 7) is 3.48. The molecule has 2 heterocycles. The highest BCUT2D eigenvalue weighted by Crippen LogP contribution is 2.35. The summed E-state index contributed by atoms with van der Waals surface area (Å²) in [5.41, 5.74) is 0.356. The molecule has 0 bridgehead atoms. The van der Waals surface area contributed by atoms with Gasteiger partial charge in [-0.05, 0) is 39.4 Å². The van der Waals surface area contributed by atoms with Gasteiger partial charge in [0, 0.05) is 12.1 Å². The Morgan fingerprint density at radius 3 is 2.55 bits per heavy atom. The molecule has 1 spiro atoms. The van der Waals surface area contributed by atoms with Gasteiger partial charge in [0.15, 0.2) is 7.98 Å². The van der Waals surface area contributed by atoms with Gasteiger partial charge in [-0.1, -0.05) is 0 Å². The molecule has 2 aliphatic rings. The summed E-state index contributed by atoms with van der Waals surface area (Å²) in [5.74, 6) is 0. The molecule has 2 rings (SSSR count). The van der Waals surface area contributed by atoms with Crippen molar-refractivity contribution in [2.45, 2.75) is 24.8 Å². The molecule has 1 unspecified atom stereocenters. The van der Waals surface area contributed by atoms with E-state index >= 15 is 0 Å². The summed E-state index contributed by atoms with van der Waals surface area (Å²) < 4.78 is 0. The van der Waals surface area contributed by atoms with Gasteiger partial charge in [-0.2, -0.15) is 0 Å². The molecule has 2 nitrogen and oxygen atoms in total. The minimum Gasteiger partial charge on any atom is -0.347 e. The fourth-order valence-corrected chi connectivity index (χ4v) is 2.46. The normalized spacial score (nSPS) is 40.8. The minimum absolute atomic E-state index is 0.356. The topological polar surface area (TPSA) is 6.48 Å². The van der Waals surface area contributed by atoms with Crippen LogP contribution >= 0.6 is 0 Å². The molecule has 11 heavy (non-hydrogen) atoms. The quantitative estimate of drug-likeness (QED) is 0.456. The summed E-state index contributed by atoms with van der Waals surface area (Å²) >= 11 is 0. The maximum atomic E-state index is 5.94. The molecular weight excluding hydrogens is 135 g/mol. The van der Waals surface area contributed by atoms with Crippen LogP contribution < -0.4 is 0 Å². The third kappa shape index (κ3) is 1.11. The number of hydrogen-bond donors (Lipinski definition) is 0. The van der Waals surface area contributed by atoms with E-state index in [1.165, 1.54) is 32.4 Å². The van der Waals surface area contributed by atoms with Gasteiger partial charge < -0.3 is 9.71 Å². The van der Waals surface area contributed by atoms with E-state index in [2.05, 4.69) is 16.8 Å². The Bertz CT molecular complexity index is 162. The van der Waals surface area contributed by atoms with E-state index < -0.39 is 0 Å². The highest BCUT2D eigenvalue weighted by molar-refractivity contribution is 6.05. The predicted molar refractivity (Wildman–Crippen MR) is 46.5 cm³/mol. The Balaban J connectivity index is 2.10. The number of nitrogens with zero attached hydrogens (tertiary/aromatic N) is 2. The summed E-state index contributed by atoms with van der Waals surface area (Å²) in [7, 11) is 8.13. The van der Waals surface area contributed by atoms with Gasteiger partial charge in [-0.15, -0.1) is 0 Å². The van der Waals surface area contributed by atoms with Crippen molar-refractivity contribution in [3.8, 4) is 0 Å². The van der Waals surface area contributed by atoms with Crippen LogP contribution in [0.2, 0.25) is 0 Å². The minimum atomic E-state index is 0.356. The van der Waals surface area contributed by atoms with Crippen LogP contribution in [0, 0.1) is 0 Å². The zero-order chi connectivity index (χ0) is 7.90. The molecule has 2 saturated heterocycles. The second-order valence-electron chi connectivity index (χ2n) is 4.01. The number of likely N-dealkylation sites (tertiary alicyclic amines) is 1. The summed E-state index contributed by atoms with van der Waals surface area (Å²) in [4.78, 5) is 4.45. The predicted octanol–water partition coefficient (Wildman–Crippen LogP) is 0.240. The SMILES string of the molecule is [B]N1CCCC12CCN(C)C2. The first-order valence-electron chi connectivity index (χ1n) is 4.44. The lowest BCUT2D eigenvalue weighted by molar-refractivity contribution is 0.249. The van der Waals surface area contributed by atoms with Gasteiger partial charge >= 0.3 is 0 Å². The number of likely N-dealkylation sites (N-methyl/N-ethyl adjacent to an activating group) is 1. The van der Waals surface area contributed by atoms with Crippen LogP contribution in [0.15, 0.2) is 0 Å². The molecule has 0 aliphatic carbocycles. The lowest BCUT2D eigenvalue weighted by Crippen LogP contribution is -2.44. The van der Waals surface area contributed by atoms with Gasteiger partial charge in [0.05, 0.1) is 0 Å². The maximum Gasteiger partial charge on any atom is 0.183 e. The van der Waals surface area contributed by atoms with E-state index in [1.807, 2.05) is 0 Å². The molecule has 1 atom stereocenters. The van der Waals surface area contributed by atoms with E-state index in [1.54, 1.807) is 0 Å². The monoisotopic (exact) mass is 150 g/mol. The van der Waals surface area contributed by atoms with E-state index in [0.29, 0.717) is 5.54 Å². The standard InChI is InChI=1S/C8H15BN2/c1-10-6-4-8(7-10)3-2-5-11(8)9/h2-7H2,1H3. The molecule has 0 N–H and O–H groups in total. The summed E-state index contributed by atoms with van der Waals surface area (Å²) in [6.07, 6.45) is 3.85. The first kappa shape index (κ1) is 7.62. The Hall–Kier alpha value is -0.0151. The van der Waals surface area contributed by atoms with Crippen molar-refractivity contribution in [1.82, 2.24) is 9.71 Å². The summed E-state index contributed by atoms with van der Waals surface area (Å²) in [6, 6.07) is 0. The first-order valence-corrected chi connectivity index (χ1v) is 4.44. The molecule has 0 saturated carbocycles. The molecule has 0 aromatic heterocycles. The smallest absolute Gasteiger partial charge is 0.183 e. The first-order chi connectivity index (χ1) is 5.23. The van der Waals surface area contributed by atoms with Crippen molar-refractivity contribution in [3.63, 3.8) is 0 Å². The van der Waals surface area contributed by atoms with Crippen molar-refractivity contribution in [3.05, 3.63) is 0 Å². The second-order valence-corrected chi connectivity index (χ2v) is 4.01. The van der Waals surface area contributed by atoms with Gasteiger partial charge in [-0.25, -0.2) is 0 Å². The van der Waals surface area contributed by atoms with E-state index in [0.717, 1.165) is 6.54 Å². The van der Waals surface area contributed by atoms with Crippen LogP contribution in [0.25, 0.3) is 0 Å². The number of hydrogen-bond acceptors (Lipinski definition) is 2. The molecule has 60 valence electrons. The van der Waals surface area contributed by atoms with Gasteiger partial charge in [0.1, 0.15) is 0 Å². The van der Waals surface area contributed by atoms with Crippen molar-refractivity contribution < 1.29 is 0 Å². The molecule has 3 heteroatoms. The Labute approximate surface area is 70.0 Å². The molecule has 2 aliphatic heterocycles. The van der Waals surface area contributed by atoms with Gasteiger partial charge in [-0.3, -0.25) is 0 Å². The average Bonchev–Trinajstić information content (AvgIpc) is 2.46. The molecule has 2 fully saturated rings. The highest BCUT2D eigenvalue weighted by atomic mass is 15.2. The molecule has 0 amide bonds.